The van der Waals surface area contributed by atoms with Gasteiger partial charge in [0.15, 0.2) is 0 Å². The second kappa shape index (κ2) is 5.73. The molecular formula is C13H14N2O2S. The van der Waals surface area contributed by atoms with E-state index in [1.54, 1.807) is 17.8 Å². The van der Waals surface area contributed by atoms with Gasteiger partial charge in [0.1, 0.15) is 5.56 Å². The molecule has 0 saturated carbocycles. The van der Waals surface area contributed by atoms with Gasteiger partial charge in [0.2, 0.25) is 0 Å². The van der Waals surface area contributed by atoms with Crippen LogP contribution < -0.4 is 10.9 Å². The van der Waals surface area contributed by atoms with Crippen molar-refractivity contribution < 1.29 is 4.79 Å². The zero-order chi connectivity index (χ0) is 13.0. The van der Waals surface area contributed by atoms with E-state index >= 15 is 0 Å². The lowest BCUT2D eigenvalue weighted by atomic mass is 10.1. The summed E-state index contributed by atoms with van der Waals surface area (Å²) in [7, 11) is 0. The molecule has 0 atom stereocenters. The van der Waals surface area contributed by atoms with Crippen molar-refractivity contribution in [3.8, 4) is 0 Å². The van der Waals surface area contributed by atoms with Crippen LogP contribution in [0.4, 0.5) is 0 Å². The van der Waals surface area contributed by atoms with Gasteiger partial charge in [-0.25, -0.2) is 0 Å². The number of rotatable bonds is 4. The average molecular weight is 262 g/mol. The van der Waals surface area contributed by atoms with E-state index in [0.29, 0.717) is 6.54 Å². The molecule has 0 fully saturated rings. The van der Waals surface area contributed by atoms with Gasteiger partial charge in [0.25, 0.3) is 11.5 Å². The number of H-pyrrole nitrogens is 1. The van der Waals surface area contributed by atoms with E-state index in [0.717, 1.165) is 16.7 Å². The Kier molecular flexibility index (Phi) is 4.04. The van der Waals surface area contributed by atoms with E-state index in [1.165, 1.54) is 0 Å². The smallest absolute Gasteiger partial charge is 0.261 e. The third-order valence-corrected chi connectivity index (χ3v) is 3.20. The number of amides is 1. The molecule has 0 bridgehead atoms. The van der Waals surface area contributed by atoms with Crippen molar-refractivity contribution in [1.82, 2.24) is 10.3 Å². The van der Waals surface area contributed by atoms with Crippen molar-refractivity contribution in [1.29, 1.82) is 0 Å². The minimum Gasteiger partial charge on any atom is -0.351 e. The molecule has 0 aliphatic carbocycles. The number of nitrogens with one attached hydrogen (secondary N) is 2. The highest BCUT2D eigenvalue weighted by atomic mass is 32.2. The first-order valence-electron chi connectivity index (χ1n) is 5.61. The van der Waals surface area contributed by atoms with Gasteiger partial charge in [-0.2, -0.15) is 11.8 Å². The summed E-state index contributed by atoms with van der Waals surface area (Å²) in [5.41, 5.74) is 0.549. The lowest BCUT2D eigenvalue weighted by Gasteiger charge is -2.04. The summed E-state index contributed by atoms with van der Waals surface area (Å²) in [6.45, 7) is 0.562. The number of carbonyl (C=O) groups is 1. The SMILES string of the molecule is CSCCNC(=O)c1cc2ccccc2[nH]c1=O. The summed E-state index contributed by atoms with van der Waals surface area (Å²) in [4.78, 5) is 26.3. The monoisotopic (exact) mass is 262 g/mol. The van der Waals surface area contributed by atoms with Gasteiger partial charge in [0.05, 0.1) is 0 Å². The van der Waals surface area contributed by atoms with Gasteiger partial charge in [-0.3, -0.25) is 9.59 Å². The number of thioether (sulfide) groups is 1. The zero-order valence-corrected chi connectivity index (χ0v) is 10.8. The van der Waals surface area contributed by atoms with Gasteiger partial charge in [0, 0.05) is 17.8 Å². The summed E-state index contributed by atoms with van der Waals surface area (Å²) < 4.78 is 0. The number of aromatic amines is 1. The van der Waals surface area contributed by atoms with Crippen LogP contribution in [0.5, 0.6) is 0 Å². The van der Waals surface area contributed by atoms with Gasteiger partial charge in [-0.05, 0) is 23.8 Å². The van der Waals surface area contributed by atoms with Gasteiger partial charge in [-0.15, -0.1) is 0 Å². The third-order valence-electron chi connectivity index (χ3n) is 2.59. The number of benzene rings is 1. The number of carbonyl (C=O) groups excluding carboxylic acids is 1. The molecule has 0 unspecified atom stereocenters. The molecule has 1 aromatic heterocycles. The highest BCUT2D eigenvalue weighted by Crippen LogP contribution is 2.09. The molecule has 5 heteroatoms. The quantitative estimate of drug-likeness (QED) is 0.823. The zero-order valence-electron chi connectivity index (χ0n) is 10.0. The lowest BCUT2D eigenvalue weighted by molar-refractivity contribution is 0.0955. The molecule has 0 aliphatic rings. The Bertz CT molecular complexity index is 622. The van der Waals surface area contributed by atoms with E-state index in [9.17, 15) is 9.59 Å². The van der Waals surface area contributed by atoms with Gasteiger partial charge < -0.3 is 10.3 Å². The molecule has 0 aliphatic heterocycles. The first-order chi connectivity index (χ1) is 8.72. The molecule has 1 heterocycles. The number of para-hydroxylation sites is 1. The van der Waals surface area contributed by atoms with Crippen molar-refractivity contribution >= 4 is 28.6 Å². The maximum atomic E-state index is 11.8. The molecule has 18 heavy (non-hydrogen) atoms. The topological polar surface area (TPSA) is 62.0 Å². The number of hydrogen-bond acceptors (Lipinski definition) is 3. The van der Waals surface area contributed by atoms with Crippen LogP contribution in [0.1, 0.15) is 10.4 Å². The fourth-order valence-corrected chi connectivity index (χ4v) is 1.98. The molecule has 4 nitrogen and oxygen atoms in total. The standard InChI is InChI=1S/C13H14N2O2S/c1-18-7-6-14-12(16)10-8-9-4-2-3-5-11(9)15-13(10)17/h2-5,8H,6-7H2,1H3,(H,14,16)(H,15,17). The summed E-state index contributed by atoms with van der Waals surface area (Å²) >= 11 is 1.64. The predicted molar refractivity (Wildman–Crippen MR) is 75.3 cm³/mol. The summed E-state index contributed by atoms with van der Waals surface area (Å²) in [6.07, 6.45) is 1.97. The molecule has 0 spiro atoms. The lowest BCUT2D eigenvalue weighted by Crippen LogP contribution is -2.31. The summed E-state index contributed by atoms with van der Waals surface area (Å²) in [5.74, 6) is 0.507. The Hall–Kier alpha value is -1.75. The molecule has 0 radical (unpaired) electrons. The second-order valence-corrected chi connectivity index (χ2v) is 4.83. The first-order valence-corrected chi connectivity index (χ1v) is 7.01. The molecule has 1 aromatic carbocycles. The normalized spacial score (nSPS) is 10.5. The van der Waals surface area contributed by atoms with E-state index < -0.39 is 0 Å². The minimum absolute atomic E-state index is 0.162. The van der Waals surface area contributed by atoms with Crippen molar-refractivity contribution in [2.45, 2.75) is 0 Å². The average Bonchev–Trinajstić information content (AvgIpc) is 2.38. The molecule has 1 amide bonds. The Balaban J connectivity index is 2.30. The van der Waals surface area contributed by atoms with Crippen molar-refractivity contribution in [3.63, 3.8) is 0 Å². The van der Waals surface area contributed by atoms with Crippen LogP contribution in [0.2, 0.25) is 0 Å². The van der Waals surface area contributed by atoms with Crippen molar-refractivity contribution in [3.05, 3.63) is 46.2 Å². The molecular weight excluding hydrogens is 248 g/mol. The second-order valence-electron chi connectivity index (χ2n) is 3.85. The van der Waals surface area contributed by atoms with Gasteiger partial charge >= 0.3 is 0 Å². The first kappa shape index (κ1) is 12.7. The number of fused-ring (bicyclic) bond motifs is 1. The van der Waals surface area contributed by atoms with Gasteiger partial charge in [-0.1, -0.05) is 18.2 Å². The Morgan fingerprint density at radius 3 is 2.94 bits per heavy atom. The van der Waals surface area contributed by atoms with Crippen molar-refractivity contribution in [2.24, 2.45) is 0 Å². The number of aromatic nitrogens is 1. The van der Waals surface area contributed by atoms with Crippen LogP contribution in [0.3, 0.4) is 0 Å². The maximum absolute atomic E-state index is 11.8. The Labute approximate surface area is 109 Å². The Morgan fingerprint density at radius 1 is 1.39 bits per heavy atom. The largest absolute Gasteiger partial charge is 0.351 e. The number of pyridine rings is 1. The van der Waals surface area contributed by atoms with E-state index in [4.69, 9.17) is 0 Å². The molecule has 2 aromatic rings. The molecule has 2 rings (SSSR count). The number of hydrogen-bond donors (Lipinski definition) is 2. The summed E-state index contributed by atoms with van der Waals surface area (Å²) in [5, 5.41) is 3.58. The highest BCUT2D eigenvalue weighted by Gasteiger charge is 2.10. The van der Waals surface area contributed by atoms with E-state index in [2.05, 4.69) is 10.3 Å². The Morgan fingerprint density at radius 2 is 2.17 bits per heavy atom. The fraction of sp³-hybridized carbons (Fsp3) is 0.231. The van der Waals surface area contributed by atoms with E-state index in [-0.39, 0.29) is 17.0 Å². The molecule has 0 saturated heterocycles. The van der Waals surface area contributed by atoms with Crippen LogP contribution >= 0.6 is 11.8 Å². The fourth-order valence-electron chi connectivity index (χ4n) is 1.68. The molecule has 94 valence electrons. The third kappa shape index (κ3) is 2.73. The maximum Gasteiger partial charge on any atom is 0.261 e. The summed E-state index contributed by atoms with van der Waals surface area (Å²) in [6, 6.07) is 9.02. The van der Waals surface area contributed by atoms with E-state index in [1.807, 2.05) is 30.5 Å². The van der Waals surface area contributed by atoms with Crippen molar-refractivity contribution in [2.75, 3.05) is 18.6 Å². The minimum atomic E-state index is -0.352. The van der Waals surface area contributed by atoms with Crippen LogP contribution in [-0.4, -0.2) is 29.4 Å². The van der Waals surface area contributed by atoms with Crippen LogP contribution in [0.15, 0.2) is 35.1 Å². The van der Waals surface area contributed by atoms with Crippen LogP contribution in [0.25, 0.3) is 10.9 Å². The predicted octanol–water partition coefficient (Wildman–Crippen LogP) is 1.62. The molecule has 2 N–H and O–H groups in total. The van der Waals surface area contributed by atoms with Crippen LogP contribution in [-0.2, 0) is 0 Å². The highest BCUT2D eigenvalue weighted by molar-refractivity contribution is 7.98. The van der Waals surface area contributed by atoms with Crippen LogP contribution in [0, 0.1) is 0 Å².